The second kappa shape index (κ2) is 5.86. The van der Waals surface area contributed by atoms with Gasteiger partial charge in [0.15, 0.2) is 5.44 Å². The number of ether oxygens (including phenoxy) is 1. The van der Waals surface area contributed by atoms with Crippen molar-refractivity contribution in [2.45, 2.75) is 43.4 Å². The lowest BCUT2D eigenvalue weighted by atomic mass is 9.77. The Bertz CT molecular complexity index is 744. The van der Waals surface area contributed by atoms with Crippen LogP contribution < -0.4 is 0 Å². The number of carbonyl (C=O) groups is 1. The second-order valence-electron chi connectivity index (χ2n) is 7.23. The predicted molar refractivity (Wildman–Crippen MR) is 94.7 cm³/mol. The van der Waals surface area contributed by atoms with Gasteiger partial charge in [-0.3, -0.25) is 0 Å². The van der Waals surface area contributed by atoms with Gasteiger partial charge in [0.05, 0.1) is 5.56 Å². The molecule has 1 heterocycles. The number of rotatable bonds is 1. The maximum atomic E-state index is 12.7. The van der Waals surface area contributed by atoms with E-state index in [1.807, 2.05) is 24.3 Å². The summed E-state index contributed by atoms with van der Waals surface area (Å²) in [7, 11) is 0. The van der Waals surface area contributed by atoms with Crippen LogP contribution in [0.4, 0.5) is 0 Å². The van der Waals surface area contributed by atoms with Crippen molar-refractivity contribution in [1.29, 1.82) is 0 Å². The molecular formula is C20H22O2S. The van der Waals surface area contributed by atoms with Gasteiger partial charge in [-0.1, -0.05) is 55.9 Å². The van der Waals surface area contributed by atoms with Crippen LogP contribution in [0.5, 0.6) is 0 Å². The summed E-state index contributed by atoms with van der Waals surface area (Å²) < 4.78 is 5.88. The average Bonchev–Trinajstić information content (AvgIpc) is 2.53. The zero-order chi connectivity index (χ0) is 16.0. The Morgan fingerprint density at radius 1 is 1.00 bits per heavy atom. The first-order valence-electron chi connectivity index (χ1n) is 8.51. The highest BCUT2D eigenvalue weighted by Crippen LogP contribution is 2.45. The van der Waals surface area contributed by atoms with Crippen LogP contribution in [0.3, 0.4) is 0 Å². The Hall–Kier alpha value is -1.48. The van der Waals surface area contributed by atoms with Gasteiger partial charge in [-0.15, -0.1) is 0 Å². The third kappa shape index (κ3) is 2.76. The smallest absolute Gasteiger partial charge is 0.341 e. The summed E-state index contributed by atoms with van der Waals surface area (Å²) in [5, 5.41) is 2.11. The molecule has 1 fully saturated rings. The molecule has 0 radical (unpaired) electrons. The third-order valence-electron chi connectivity index (χ3n) is 5.16. The fraction of sp³-hybridized carbons (Fsp3) is 0.450. The maximum Gasteiger partial charge on any atom is 0.341 e. The number of esters is 1. The molecule has 0 spiro atoms. The minimum absolute atomic E-state index is 0.0265. The Morgan fingerprint density at radius 3 is 2.52 bits per heavy atom. The van der Waals surface area contributed by atoms with Crippen molar-refractivity contribution in [3.8, 4) is 0 Å². The summed E-state index contributed by atoms with van der Waals surface area (Å²) in [5.74, 6) is 1.77. The van der Waals surface area contributed by atoms with Crippen LogP contribution in [-0.2, 0) is 4.74 Å². The molecule has 1 aliphatic heterocycles. The fourth-order valence-electron chi connectivity index (χ4n) is 4.30. The lowest BCUT2D eigenvalue weighted by Gasteiger charge is -2.37. The summed E-state index contributed by atoms with van der Waals surface area (Å²) in [5.41, 5.74) is 0.725. The van der Waals surface area contributed by atoms with Crippen molar-refractivity contribution in [2.24, 2.45) is 17.8 Å². The van der Waals surface area contributed by atoms with Crippen LogP contribution in [0.15, 0.2) is 41.3 Å². The Labute approximate surface area is 141 Å². The molecule has 0 bridgehead atoms. The summed E-state index contributed by atoms with van der Waals surface area (Å²) in [6.07, 6.45) is 3.62. The summed E-state index contributed by atoms with van der Waals surface area (Å²) in [4.78, 5) is 13.8. The summed E-state index contributed by atoms with van der Waals surface area (Å²) >= 11 is 1.74. The van der Waals surface area contributed by atoms with E-state index in [0.29, 0.717) is 5.92 Å². The van der Waals surface area contributed by atoms with Gasteiger partial charge < -0.3 is 4.74 Å². The van der Waals surface area contributed by atoms with Gasteiger partial charge in [0, 0.05) is 10.8 Å². The van der Waals surface area contributed by atoms with E-state index >= 15 is 0 Å². The molecule has 3 atom stereocenters. The van der Waals surface area contributed by atoms with Gasteiger partial charge in [-0.25, -0.2) is 4.79 Å². The molecule has 1 aliphatic carbocycles. The molecule has 4 rings (SSSR count). The number of hydrogen-bond acceptors (Lipinski definition) is 3. The number of thioether (sulfide) groups is 1. The Kier molecular flexibility index (Phi) is 3.84. The maximum absolute atomic E-state index is 12.7. The largest absolute Gasteiger partial charge is 0.447 e. The van der Waals surface area contributed by atoms with Gasteiger partial charge in [-0.2, -0.15) is 0 Å². The van der Waals surface area contributed by atoms with Gasteiger partial charge >= 0.3 is 5.97 Å². The van der Waals surface area contributed by atoms with Crippen LogP contribution in [0.25, 0.3) is 10.8 Å². The summed E-state index contributed by atoms with van der Waals surface area (Å²) in [6.45, 7) is 4.64. The molecular weight excluding hydrogens is 304 g/mol. The van der Waals surface area contributed by atoms with Crippen molar-refractivity contribution in [3.63, 3.8) is 0 Å². The van der Waals surface area contributed by atoms with E-state index in [9.17, 15) is 4.79 Å². The fourth-order valence-corrected chi connectivity index (χ4v) is 5.56. The molecule has 0 aromatic heterocycles. The number of carbonyl (C=O) groups excluding carboxylic acids is 1. The van der Waals surface area contributed by atoms with E-state index in [2.05, 4.69) is 26.0 Å². The first kappa shape index (κ1) is 15.1. The third-order valence-corrected chi connectivity index (χ3v) is 6.47. The standard InChI is InChI=1S/C20H22O2S/c1-12-9-13(2)11-15(10-12)20-22-19(21)18-16-6-4-3-5-14(16)7-8-17(18)23-20/h3-8,12-13,15,20H,9-11H2,1-2H3. The molecule has 120 valence electrons. The highest BCUT2D eigenvalue weighted by Gasteiger charge is 2.37. The van der Waals surface area contributed by atoms with Gasteiger partial charge in [0.2, 0.25) is 0 Å². The van der Waals surface area contributed by atoms with Crippen LogP contribution in [0.2, 0.25) is 0 Å². The molecule has 2 aromatic carbocycles. The lowest BCUT2D eigenvalue weighted by molar-refractivity contribution is 0.0252. The molecule has 1 saturated carbocycles. The van der Waals surface area contributed by atoms with Crippen molar-refractivity contribution in [1.82, 2.24) is 0 Å². The molecule has 2 nitrogen and oxygen atoms in total. The minimum atomic E-state index is -0.147. The number of hydrogen-bond donors (Lipinski definition) is 0. The molecule has 3 heteroatoms. The highest BCUT2D eigenvalue weighted by molar-refractivity contribution is 8.00. The molecule has 0 saturated heterocycles. The van der Waals surface area contributed by atoms with E-state index in [-0.39, 0.29) is 11.4 Å². The van der Waals surface area contributed by atoms with E-state index in [1.54, 1.807) is 11.8 Å². The SMILES string of the molecule is CC1CC(C)CC(C2OC(=O)c3c(ccc4ccccc34)S2)C1. The number of benzene rings is 2. The lowest BCUT2D eigenvalue weighted by Crippen LogP contribution is -2.33. The number of fused-ring (bicyclic) bond motifs is 3. The van der Waals surface area contributed by atoms with Gasteiger partial charge in [0.25, 0.3) is 0 Å². The number of cyclic esters (lactones) is 1. The van der Waals surface area contributed by atoms with Crippen LogP contribution in [0.1, 0.15) is 43.5 Å². The monoisotopic (exact) mass is 326 g/mol. The molecule has 3 unspecified atom stereocenters. The Morgan fingerprint density at radius 2 is 1.74 bits per heavy atom. The van der Waals surface area contributed by atoms with Crippen LogP contribution >= 0.6 is 11.8 Å². The van der Waals surface area contributed by atoms with Crippen molar-refractivity contribution in [3.05, 3.63) is 42.0 Å². The van der Waals surface area contributed by atoms with Gasteiger partial charge in [0.1, 0.15) is 0 Å². The van der Waals surface area contributed by atoms with E-state index in [1.165, 1.54) is 6.42 Å². The first-order chi connectivity index (χ1) is 11.1. The molecule has 23 heavy (non-hydrogen) atoms. The summed E-state index contributed by atoms with van der Waals surface area (Å²) in [6, 6.07) is 12.3. The molecule has 2 aromatic rings. The zero-order valence-electron chi connectivity index (χ0n) is 13.6. The van der Waals surface area contributed by atoms with E-state index < -0.39 is 0 Å². The van der Waals surface area contributed by atoms with Crippen LogP contribution in [-0.4, -0.2) is 11.4 Å². The van der Waals surface area contributed by atoms with Gasteiger partial charge in [-0.05, 0) is 47.9 Å². The van der Waals surface area contributed by atoms with E-state index in [4.69, 9.17) is 4.74 Å². The van der Waals surface area contributed by atoms with Crippen molar-refractivity contribution >= 4 is 28.5 Å². The second-order valence-corrected chi connectivity index (χ2v) is 8.37. The highest BCUT2D eigenvalue weighted by atomic mass is 32.2. The van der Waals surface area contributed by atoms with E-state index in [0.717, 1.165) is 45.9 Å². The molecule has 2 aliphatic rings. The average molecular weight is 326 g/mol. The minimum Gasteiger partial charge on any atom is -0.447 e. The van der Waals surface area contributed by atoms with Crippen LogP contribution in [0, 0.1) is 17.8 Å². The first-order valence-corrected chi connectivity index (χ1v) is 9.39. The molecule has 0 N–H and O–H groups in total. The molecule has 0 amide bonds. The predicted octanol–water partition coefficient (Wildman–Crippen LogP) is 5.50. The quantitative estimate of drug-likeness (QED) is 0.647. The Balaban J connectivity index is 1.67. The zero-order valence-corrected chi connectivity index (χ0v) is 14.4. The topological polar surface area (TPSA) is 26.3 Å². The normalized spacial score (nSPS) is 30.8. The van der Waals surface area contributed by atoms with Crippen molar-refractivity contribution in [2.75, 3.05) is 0 Å². The van der Waals surface area contributed by atoms with Crippen molar-refractivity contribution < 1.29 is 9.53 Å².